The third kappa shape index (κ3) is 6.08. The zero-order valence-corrected chi connectivity index (χ0v) is 11.2. The van der Waals surface area contributed by atoms with Crippen LogP contribution >= 0.6 is 0 Å². The fraction of sp³-hybridized carbons (Fsp3) is 0.917. The quantitative estimate of drug-likeness (QED) is 0.669. The predicted molar refractivity (Wildman–Crippen MR) is 66.2 cm³/mol. The van der Waals surface area contributed by atoms with Crippen LogP contribution < -0.4 is 5.73 Å². The van der Waals surface area contributed by atoms with E-state index in [-0.39, 0.29) is 11.9 Å². The van der Waals surface area contributed by atoms with Gasteiger partial charge in [-0.05, 0) is 34.4 Å². The Morgan fingerprint density at radius 3 is 2.38 bits per heavy atom. The van der Waals surface area contributed by atoms with E-state index in [9.17, 15) is 4.79 Å². The minimum Gasteiger partial charge on any atom is -0.464 e. The van der Waals surface area contributed by atoms with Crippen molar-refractivity contribution in [2.45, 2.75) is 39.2 Å². The molecule has 0 fully saturated rings. The van der Waals surface area contributed by atoms with Crippen molar-refractivity contribution in [3.63, 3.8) is 0 Å². The molecular formula is C12H26N2O2. The summed E-state index contributed by atoms with van der Waals surface area (Å²) in [5.74, 6) is -0.379. The Labute approximate surface area is 99.1 Å². The van der Waals surface area contributed by atoms with Crippen molar-refractivity contribution in [3.05, 3.63) is 0 Å². The summed E-state index contributed by atoms with van der Waals surface area (Å²) in [4.78, 5) is 13.8. The van der Waals surface area contributed by atoms with E-state index in [2.05, 4.69) is 0 Å². The summed E-state index contributed by atoms with van der Waals surface area (Å²) in [6, 6.07) is 0. The summed E-state index contributed by atoms with van der Waals surface area (Å²) in [6.07, 6.45) is 1.72. The first-order valence-corrected chi connectivity index (χ1v) is 5.89. The lowest BCUT2D eigenvalue weighted by Crippen LogP contribution is -2.45. The number of nitrogens with zero attached hydrogens (tertiary/aromatic N) is 1. The smallest absolute Gasteiger partial charge is 0.310 e. The molecule has 96 valence electrons. The number of carbonyl (C=O) groups is 1. The minimum absolute atomic E-state index is 0.170. The maximum Gasteiger partial charge on any atom is 0.310 e. The lowest BCUT2D eigenvalue weighted by atomic mass is 9.85. The van der Waals surface area contributed by atoms with Gasteiger partial charge in [-0.15, -0.1) is 0 Å². The highest BCUT2D eigenvalue weighted by Crippen LogP contribution is 2.20. The third-order valence-electron chi connectivity index (χ3n) is 2.54. The van der Waals surface area contributed by atoms with Crippen LogP contribution in [0.5, 0.6) is 0 Å². The van der Waals surface area contributed by atoms with Crippen molar-refractivity contribution in [1.82, 2.24) is 4.90 Å². The zero-order valence-electron chi connectivity index (χ0n) is 11.2. The van der Waals surface area contributed by atoms with Crippen LogP contribution in [0, 0.1) is 5.92 Å². The van der Waals surface area contributed by atoms with Crippen LogP contribution in [0.15, 0.2) is 0 Å². The Bertz CT molecular complexity index is 210. The molecule has 0 rings (SSSR count). The van der Waals surface area contributed by atoms with Gasteiger partial charge in [0.25, 0.3) is 0 Å². The molecule has 4 heteroatoms. The van der Waals surface area contributed by atoms with Gasteiger partial charge in [0.15, 0.2) is 0 Å². The molecule has 0 amide bonds. The lowest BCUT2D eigenvalue weighted by molar-refractivity contribution is -0.151. The SMILES string of the molecule is CCCC(C(=O)OCCN(C)C)C(C)(C)N. The van der Waals surface area contributed by atoms with Gasteiger partial charge in [0.1, 0.15) is 6.61 Å². The molecule has 1 atom stereocenters. The van der Waals surface area contributed by atoms with Crippen LogP contribution in [0.2, 0.25) is 0 Å². The van der Waals surface area contributed by atoms with Crippen LogP contribution in [0.4, 0.5) is 0 Å². The maximum absolute atomic E-state index is 11.8. The standard InChI is InChI=1S/C12H26N2O2/c1-6-7-10(12(2,3)13)11(15)16-9-8-14(4)5/h10H,6-9,13H2,1-5H3. The average Bonchev–Trinajstić information content (AvgIpc) is 2.11. The summed E-state index contributed by atoms with van der Waals surface area (Å²) in [5.41, 5.74) is 5.48. The van der Waals surface area contributed by atoms with E-state index in [4.69, 9.17) is 10.5 Å². The van der Waals surface area contributed by atoms with Gasteiger partial charge in [0.2, 0.25) is 0 Å². The number of nitrogens with two attached hydrogens (primary N) is 1. The summed E-state index contributed by atoms with van der Waals surface area (Å²) in [6.45, 7) is 6.98. The van der Waals surface area contributed by atoms with Gasteiger partial charge in [-0.3, -0.25) is 4.79 Å². The van der Waals surface area contributed by atoms with Crippen LogP contribution in [0.1, 0.15) is 33.6 Å². The molecule has 0 saturated carbocycles. The molecule has 1 unspecified atom stereocenters. The minimum atomic E-state index is -0.509. The second-order valence-corrected chi connectivity index (χ2v) is 5.13. The Morgan fingerprint density at radius 2 is 2.00 bits per heavy atom. The van der Waals surface area contributed by atoms with Crippen molar-refractivity contribution in [2.75, 3.05) is 27.2 Å². The molecule has 0 heterocycles. The van der Waals surface area contributed by atoms with Gasteiger partial charge in [-0.2, -0.15) is 0 Å². The summed E-state index contributed by atoms with van der Waals surface area (Å²) < 4.78 is 5.23. The van der Waals surface area contributed by atoms with E-state index < -0.39 is 5.54 Å². The van der Waals surface area contributed by atoms with E-state index in [1.165, 1.54) is 0 Å². The van der Waals surface area contributed by atoms with Crippen molar-refractivity contribution in [3.8, 4) is 0 Å². The number of esters is 1. The Kier molecular flexibility index (Phi) is 6.60. The first-order chi connectivity index (χ1) is 7.29. The number of ether oxygens (including phenoxy) is 1. The number of rotatable bonds is 7. The topological polar surface area (TPSA) is 55.6 Å². The van der Waals surface area contributed by atoms with Crippen LogP contribution in [-0.2, 0) is 9.53 Å². The molecule has 4 nitrogen and oxygen atoms in total. The van der Waals surface area contributed by atoms with Crippen LogP contribution in [0.3, 0.4) is 0 Å². The van der Waals surface area contributed by atoms with Crippen molar-refractivity contribution in [1.29, 1.82) is 0 Å². The number of hydrogen-bond acceptors (Lipinski definition) is 4. The van der Waals surface area contributed by atoms with Crippen molar-refractivity contribution >= 4 is 5.97 Å². The fourth-order valence-corrected chi connectivity index (χ4v) is 1.51. The van der Waals surface area contributed by atoms with Gasteiger partial charge in [-0.25, -0.2) is 0 Å². The lowest BCUT2D eigenvalue weighted by Gasteiger charge is -2.28. The average molecular weight is 230 g/mol. The number of hydrogen-bond donors (Lipinski definition) is 1. The fourth-order valence-electron chi connectivity index (χ4n) is 1.51. The molecule has 0 saturated heterocycles. The Balaban J connectivity index is 4.18. The van der Waals surface area contributed by atoms with Crippen LogP contribution in [-0.4, -0.2) is 43.7 Å². The molecule has 0 bridgehead atoms. The van der Waals surface area contributed by atoms with E-state index in [0.29, 0.717) is 6.61 Å². The third-order valence-corrected chi connectivity index (χ3v) is 2.54. The Hall–Kier alpha value is -0.610. The maximum atomic E-state index is 11.8. The van der Waals surface area contributed by atoms with Crippen molar-refractivity contribution in [2.24, 2.45) is 11.7 Å². The molecule has 16 heavy (non-hydrogen) atoms. The molecule has 0 aromatic heterocycles. The molecule has 0 spiro atoms. The second kappa shape index (κ2) is 6.86. The molecule has 0 aliphatic rings. The van der Waals surface area contributed by atoms with Gasteiger partial charge >= 0.3 is 5.97 Å². The summed E-state index contributed by atoms with van der Waals surface area (Å²) in [7, 11) is 3.90. The summed E-state index contributed by atoms with van der Waals surface area (Å²) >= 11 is 0. The first kappa shape index (κ1) is 15.4. The highest BCUT2D eigenvalue weighted by atomic mass is 16.5. The summed E-state index contributed by atoms with van der Waals surface area (Å²) in [5, 5.41) is 0. The monoisotopic (exact) mass is 230 g/mol. The van der Waals surface area contributed by atoms with E-state index in [0.717, 1.165) is 19.4 Å². The van der Waals surface area contributed by atoms with Gasteiger partial charge < -0.3 is 15.4 Å². The molecule has 0 aromatic carbocycles. The highest BCUT2D eigenvalue weighted by molar-refractivity contribution is 5.73. The van der Waals surface area contributed by atoms with Crippen LogP contribution in [0.25, 0.3) is 0 Å². The van der Waals surface area contributed by atoms with E-state index in [1.54, 1.807) is 0 Å². The molecular weight excluding hydrogens is 204 g/mol. The van der Waals surface area contributed by atoms with E-state index in [1.807, 2.05) is 39.8 Å². The predicted octanol–water partition coefficient (Wildman–Crippen LogP) is 1.24. The van der Waals surface area contributed by atoms with Gasteiger partial charge in [-0.1, -0.05) is 13.3 Å². The number of carbonyl (C=O) groups excluding carboxylic acids is 1. The van der Waals surface area contributed by atoms with Gasteiger partial charge in [0.05, 0.1) is 5.92 Å². The Morgan fingerprint density at radius 1 is 1.44 bits per heavy atom. The second-order valence-electron chi connectivity index (χ2n) is 5.13. The highest BCUT2D eigenvalue weighted by Gasteiger charge is 2.32. The van der Waals surface area contributed by atoms with Gasteiger partial charge in [0, 0.05) is 12.1 Å². The van der Waals surface area contributed by atoms with Crippen molar-refractivity contribution < 1.29 is 9.53 Å². The van der Waals surface area contributed by atoms with E-state index >= 15 is 0 Å². The molecule has 0 radical (unpaired) electrons. The zero-order chi connectivity index (χ0) is 12.8. The number of likely N-dealkylation sites (N-methyl/N-ethyl adjacent to an activating group) is 1. The molecule has 0 aliphatic carbocycles. The molecule has 2 N–H and O–H groups in total. The largest absolute Gasteiger partial charge is 0.464 e. The normalized spacial score (nSPS) is 13.9. The molecule has 0 aromatic rings. The first-order valence-electron chi connectivity index (χ1n) is 5.89. The molecule has 0 aliphatic heterocycles.